The summed E-state index contributed by atoms with van der Waals surface area (Å²) in [6.07, 6.45) is 0. The first-order chi connectivity index (χ1) is 5.54. The highest BCUT2D eigenvalue weighted by Crippen LogP contribution is 2.27. The lowest BCUT2D eigenvalue weighted by Gasteiger charge is -2.29. The normalized spacial score (nSPS) is 15.3. The molecule has 0 N–H and O–H groups in total. The minimum absolute atomic E-state index is 0.0255. The summed E-state index contributed by atoms with van der Waals surface area (Å²) in [4.78, 5) is 11.6. The van der Waals surface area contributed by atoms with E-state index in [1.807, 2.05) is 48.5 Å². The molecule has 0 aliphatic heterocycles. The smallest absolute Gasteiger partial charge is 0.309 e. The van der Waals surface area contributed by atoms with Crippen molar-refractivity contribution in [2.75, 3.05) is 0 Å². The number of hydrogen-bond acceptors (Lipinski definition) is 2. The van der Waals surface area contributed by atoms with Crippen LogP contribution >= 0.6 is 0 Å². The van der Waals surface area contributed by atoms with Gasteiger partial charge in [-0.15, -0.1) is 0 Å². The summed E-state index contributed by atoms with van der Waals surface area (Å²) in [6.45, 7) is 13.7. The quantitative estimate of drug-likeness (QED) is 0.588. The summed E-state index contributed by atoms with van der Waals surface area (Å²) >= 11 is 0. The third-order valence-electron chi connectivity index (χ3n) is 2.06. The lowest BCUT2D eigenvalue weighted by molar-refractivity contribution is -0.163. The Morgan fingerprint density at radius 1 is 1.08 bits per heavy atom. The second-order valence-electron chi connectivity index (χ2n) is 5.62. The monoisotopic (exact) mass is 186 g/mol. The van der Waals surface area contributed by atoms with Crippen LogP contribution in [0.25, 0.3) is 0 Å². The molecule has 0 fully saturated rings. The SMILES string of the molecule is CC(C(=O)OC(C)(C)C)C(C)(C)C. The highest BCUT2D eigenvalue weighted by Gasteiger charge is 2.30. The summed E-state index contributed by atoms with van der Waals surface area (Å²) < 4.78 is 5.29. The van der Waals surface area contributed by atoms with Crippen LogP contribution in [0, 0.1) is 11.3 Å². The van der Waals surface area contributed by atoms with Crippen LogP contribution in [0.4, 0.5) is 0 Å². The van der Waals surface area contributed by atoms with E-state index in [1.54, 1.807) is 0 Å². The van der Waals surface area contributed by atoms with Gasteiger partial charge in [0.2, 0.25) is 0 Å². The van der Waals surface area contributed by atoms with Gasteiger partial charge in [0.05, 0.1) is 5.92 Å². The first-order valence-electron chi connectivity index (χ1n) is 4.77. The molecule has 0 saturated heterocycles. The van der Waals surface area contributed by atoms with Crippen molar-refractivity contribution in [3.63, 3.8) is 0 Å². The van der Waals surface area contributed by atoms with Gasteiger partial charge in [-0.1, -0.05) is 27.7 Å². The minimum atomic E-state index is -0.378. The Labute approximate surface area is 81.7 Å². The molecule has 0 bridgehead atoms. The molecule has 13 heavy (non-hydrogen) atoms. The molecule has 0 heterocycles. The van der Waals surface area contributed by atoms with Crippen LogP contribution in [0.15, 0.2) is 0 Å². The first-order valence-corrected chi connectivity index (χ1v) is 4.77. The molecule has 0 aliphatic carbocycles. The van der Waals surface area contributed by atoms with Gasteiger partial charge in [-0.05, 0) is 26.2 Å². The molecule has 2 nitrogen and oxygen atoms in total. The van der Waals surface area contributed by atoms with Crippen LogP contribution in [-0.2, 0) is 9.53 Å². The average molecular weight is 186 g/mol. The summed E-state index contributed by atoms with van der Waals surface area (Å²) in [5, 5.41) is 0. The van der Waals surface area contributed by atoms with Crippen molar-refractivity contribution in [1.29, 1.82) is 0 Å². The molecule has 1 unspecified atom stereocenters. The third-order valence-corrected chi connectivity index (χ3v) is 2.06. The van der Waals surface area contributed by atoms with Crippen molar-refractivity contribution in [2.24, 2.45) is 11.3 Å². The van der Waals surface area contributed by atoms with Crippen LogP contribution in [0.1, 0.15) is 48.5 Å². The van der Waals surface area contributed by atoms with E-state index in [2.05, 4.69) is 0 Å². The maximum absolute atomic E-state index is 11.6. The molecule has 0 spiro atoms. The number of carbonyl (C=O) groups is 1. The molecule has 0 aliphatic rings. The van der Waals surface area contributed by atoms with E-state index < -0.39 is 0 Å². The number of carbonyl (C=O) groups excluding carboxylic acids is 1. The fourth-order valence-electron chi connectivity index (χ4n) is 0.744. The van der Waals surface area contributed by atoms with Gasteiger partial charge in [0.25, 0.3) is 0 Å². The van der Waals surface area contributed by atoms with E-state index in [0.717, 1.165) is 0 Å². The average Bonchev–Trinajstić information content (AvgIpc) is 1.79. The van der Waals surface area contributed by atoms with Gasteiger partial charge in [-0.2, -0.15) is 0 Å². The van der Waals surface area contributed by atoms with Gasteiger partial charge in [-0.3, -0.25) is 4.79 Å². The predicted octanol–water partition coefficient (Wildman–Crippen LogP) is 3.01. The Morgan fingerprint density at radius 3 is 1.69 bits per heavy atom. The van der Waals surface area contributed by atoms with Crippen LogP contribution < -0.4 is 0 Å². The molecule has 1 atom stereocenters. The molecule has 0 radical (unpaired) electrons. The minimum Gasteiger partial charge on any atom is -0.460 e. The van der Waals surface area contributed by atoms with Gasteiger partial charge in [0, 0.05) is 0 Å². The Bertz CT molecular complexity index is 181. The maximum Gasteiger partial charge on any atom is 0.309 e. The van der Waals surface area contributed by atoms with E-state index in [1.165, 1.54) is 0 Å². The van der Waals surface area contributed by atoms with Crippen LogP contribution in [-0.4, -0.2) is 11.6 Å². The summed E-state index contributed by atoms with van der Waals surface area (Å²) in [5.41, 5.74) is -0.404. The van der Waals surface area contributed by atoms with Gasteiger partial charge in [-0.25, -0.2) is 0 Å². The number of hydrogen-bond donors (Lipinski definition) is 0. The predicted molar refractivity (Wildman–Crippen MR) is 54.5 cm³/mol. The molecule has 78 valence electrons. The molecular weight excluding hydrogens is 164 g/mol. The van der Waals surface area contributed by atoms with Gasteiger partial charge in [0.1, 0.15) is 5.60 Å². The van der Waals surface area contributed by atoms with Crippen molar-refractivity contribution in [3.8, 4) is 0 Å². The van der Waals surface area contributed by atoms with Crippen LogP contribution in [0.5, 0.6) is 0 Å². The second kappa shape index (κ2) is 3.69. The lowest BCUT2D eigenvalue weighted by Crippen LogP contribution is -2.33. The summed E-state index contributed by atoms with van der Waals surface area (Å²) in [6, 6.07) is 0. The molecule has 0 saturated carbocycles. The van der Waals surface area contributed by atoms with Crippen LogP contribution in [0.2, 0.25) is 0 Å². The Kier molecular flexibility index (Phi) is 3.54. The van der Waals surface area contributed by atoms with E-state index in [4.69, 9.17) is 4.74 Å². The molecular formula is C11H22O2. The van der Waals surface area contributed by atoms with Crippen molar-refractivity contribution >= 4 is 5.97 Å². The maximum atomic E-state index is 11.6. The highest BCUT2D eigenvalue weighted by atomic mass is 16.6. The van der Waals surface area contributed by atoms with Gasteiger partial charge in [0.15, 0.2) is 0 Å². The van der Waals surface area contributed by atoms with Gasteiger partial charge < -0.3 is 4.74 Å². The zero-order valence-electron chi connectivity index (χ0n) is 9.89. The van der Waals surface area contributed by atoms with Crippen molar-refractivity contribution < 1.29 is 9.53 Å². The van der Waals surface area contributed by atoms with Crippen molar-refractivity contribution in [1.82, 2.24) is 0 Å². The fraction of sp³-hybridized carbons (Fsp3) is 0.909. The first kappa shape index (κ1) is 12.5. The molecule has 0 aromatic rings. The molecule has 0 rings (SSSR count). The number of esters is 1. The second-order valence-corrected chi connectivity index (χ2v) is 5.62. The zero-order chi connectivity index (χ0) is 10.9. The Balaban J connectivity index is 4.30. The molecule has 0 amide bonds. The third kappa shape index (κ3) is 4.91. The van der Waals surface area contributed by atoms with E-state index in [0.29, 0.717) is 0 Å². The summed E-state index contributed by atoms with van der Waals surface area (Å²) in [5.74, 6) is -0.174. The Hall–Kier alpha value is -0.530. The fourth-order valence-corrected chi connectivity index (χ4v) is 0.744. The molecule has 2 heteroatoms. The number of rotatable bonds is 1. The lowest BCUT2D eigenvalue weighted by atomic mass is 9.82. The molecule has 0 aromatic carbocycles. The Morgan fingerprint density at radius 2 is 1.46 bits per heavy atom. The van der Waals surface area contributed by atoms with E-state index in [-0.39, 0.29) is 22.9 Å². The number of ether oxygens (including phenoxy) is 1. The van der Waals surface area contributed by atoms with Crippen LogP contribution in [0.3, 0.4) is 0 Å². The molecule has 0 aromatic heterocycles. The zero-order valence-corrected chi connectivity index (χ0v) is 9.89. The largest absolute Gasteiger partial charge is 0.460 e. The summed E-state index contributed by atoms with van der Waals surface area (Å²) in [7, 11) is 0. The topological polar surface area (TPSA) is 26.3 Å². The van der Waals surface area contributed by atoms with Crippen molar-refractivity contribution in [2.45, 2.75) is 54.1 Å². The van der Waals surface area contributed by atoms with Crippen molar-refractivity contribution in [3.05, 3.63) is 0 Å². The van der Waals surface area contributed by atoms with Gasteiger partial charge >= 0.3 is 5.97 Å². The highest BCUT2D eigenvalue weighted by molar-refractivity contribution is 5.73. The standard InChI is InChI=1S/C11H22O2/c1-8(10(2,3)4)9(12)13-11(5,6)7/h8H,1-7H3. The van der Waals surface area contributed by atoms with E-state index in [9.17, 15) is 4.79 Å². The van der Waals surface area contributed by atoms with E-state index >= 15 is 0 Å².